The Morgan fingerprint density at radius 1 is 0.500 bits per heavy atom. The summed E-state index contributed by atoms with van der Waals surface area (Å²) in [6.07, 6.45) is 5.76. The van der Waals surface area contributed by atoms with E-state index in [9.17, 15) is 33.6 Å². The minimum Gasteiger partial charge on any atom is -0.460 e. The SMILES string of the molecule is CC[C@@H]1C[C@@H](OC(=O)CCC(C)=O)CN1C(=O)CCCCCCC(=O)CCCCCCCCOC1OC(COC2OC(COC(=O)c3ccccc3)C(C)C(C)C2C)C(C)C(OC2OC(COC(=O)c3ccccc3)C(C)C(C)C2C)C1OC(C)=O. The number of esters is 4. The van der Waals surface area contributed by atoms with Crippen molar-refractivity contribution in [1.82, 2.24) is 4.90 Å². The lowest BCUT2D eigenvalue weighted by atomic mass is 9.79. The molecule has 0 spiro atoms. The van der Waals surface area contributed by atoms with E-state index in [1.807, 2.05) is 30.9 Å². The Hall–Kier alpha value is -5.11. The van der Waals surface area contributed by atoms with Crippen LogP contribution in [0.15, 0.2) is 60.7 Å². The summed E-state index contributed by atoms with van der Waals surface area (Å²) in [6.45, 7) is 20.3. The fourth-order valence-electron chi connectivity index (χ4n) is 12.3. The molecule has 0 aromatic heterocycles. The van der Waals surface area contributed by atoms with Gasteiger partial charge >= 0.3 is 23.9 Å². The highest BCUT2D eigenvalue weighted by molar-refractivity contribution is 5.89. The summed E-state index contributed by atoms with van der Waals surface area (Å²) in [6, 6.07) is 17.7. The Morgan fingerprint density at radius 2 is 1.00 bits per heavy atom. The molecule has 2 aromatic carbocycles. The molecule has 18 nitrogen and oxygen atoms in total. The zero-order valence-electron chi connectivity index (χ0n) is 53.0. The van der Waals surface area contributed by atoms with Crippen LogP contribution in [0.25, 0.3) is 0 Å². The van der Waals surface area contributed by atoms with Crippen LogP contribution in [-0.2, 0) is 71.3 Å². The van der Waals surface area contributed by atoms with Crippen molar-refractivity contribution in [2.45, 2.75) is 240 Å². The third-order valence-electron chi connectivity index (χ3n) is 18.6. The molecule has 0 saturated carbocycles. The van der Waals surface area contributed by atoms with Crippen LogP contribution in [0.3, 0.4) is 0 Å². The number of amides is 1. The number of Topliss-reactive ketones (excluding diaryl/α,β-unsaturated/α-hetero) is 2. The van der Waals surface area contributed by atoms with Crippen molar-refractivity contribution in [2.24, 2.45) is 41.4 Å². The molecule has 17 atom stereocenters. The molecule has 86 heavy (non-hydrogen) atoms. The Morgan fingerprint density at radius 3 is 1.55 bits per heavy atom. The van der Waals surface area contributed by atoms with Crippen LogP contribution >= 0.6 is 0 Å². The second-order valence-electron chi connectivity index (χ2n) is 24.9. The molecule has 0 bridgehead atoms. The molecule has 6 rings (SSSR count). The van der Waals surface area contributed by atoms with E-state index in [4.69, 9.17) is 47.4 Å². The number of unbranched alkanes of at least 4 members (excludes halogenated alkanes) is 8. The van der Waals surface area contributed by atoms with E-state index in [0.717, 1.165) is 70.6 Å². The number of carbonyl (C=O) groups is 7. The largest absolute Gasteiger partial charge is 0.460 e. The fourth-order valence-corrected chi connectivity index (χ4v) is 12.3. The molecule has 0 radical (unpaired) electrons. The number of likely N-dealkylation sites (tertiary alicyclic amines) is 1. The van der Waals surface area contributed by atoms with Gasteiger partial charge in [-0.2, -0.15) is 0 Å². The van der Waals surface area contributed by atoms with E-state index in [1.165, 1.54) is 13.8 Å². The van der Waals surface area contributed by atoms with E-state index in [-0.39, 0.29) is 97.8 Å². The zero-order chi connectivity index (χ0) is 62.3. The van der Waals surface area contributed by atoms with E-state index in [1.54, 1.807) is 48.5 Å². The second kappa shape index (κ2) is 35.8. The normalized spacial score (nSPS) is 30.1. The predicted octanol–water partition coefficient (Wildman–Crippen LogP) is 11.6. The van der Waals surface area contributed by atoms with Gasteiger partial charge < -0.3 is 57.1 Å². The number of ketones is 2. The van der Waals surface area contributed by atoms with Crippen molar-refractivity contribution in [2.75, 3.05) is 33.0 Å². The van der Waals surface area contributed by atoms with E-state index in [0.29, 0.717) is 50.0 Å². The lowest BCUT2D eigenvalue weighted by Gasteiger charge is -2.49. The van der Waals surface area contributed by atoms with Crippen LogP contribution in [0.5, 0.6) is 0 Å². The average molecular weight is 1200 g/mol. The van der Waals surface area contributed by atoms with Crippen LogP contribution in [0.1, 0.15) is 199 Å². The number of ether oxygens (including phenoxy) is 10. The number of nitrogens with zero attached hydrogens (tertiary/aromatic N) is 1. The third-order valence-corrected chi connectivity index (χ3v) is 18.6. The van der Waals surface area contributed by atoms with Crippen LogP contribution in [0.4, 0.5) is 0 Å². The smallest absolute Gasteiger partial charge is 0.338 e. The van der Waals surface area contributed by atoms with Gasteiger partial charge in [-0.15, -0.1) is 0 Å². The first-order valence-electron chi connectivity index (χ1n) is 32.2. The predicted molar refractivity (Wildman–Crippen MR) is 321 cm³/mol. The Balaban J connectivity index is 0.977. The highest BCUT2D eigenvalue weighted by atomic mass is 16.7. The van der Waals surface area contributed by atoms with Gasteiger partial charge in [-0.25, -0.2) is 9.59 Å². The number of rotatable bonds is 34. The number of hydrogen-bond donors (Lipinski definition) is 0. The highest BCUT2D eigenvalue weighted by Gasteiger charge is 2.51. The average Bonchev–Trinajstić information content (AvgIpc) is 4.05. The molecule has 480 valence electrons. The van der Waals surface area contributed by atoms with Gasteiger partial charge in [0, 0.05) is 69.4 Å². The monoisotopic (exact) mass is 1200 g/mol. The number of hydrogen-bond acceptors (Lipinski definition) is 17. The van der Waals surface area contributed by atoms with Crippen molar-refractivity contribution in [1.29, 1.82) is 0 Å². The molecule has 1 amide bonds. The van der Waals surface area contributed by atoms with Gasteiger partial charge in [0.1, 0.15) is 37.0 Å². The summed E-state index contributed by atoms with van der Waals surface area (Å²) in [5, 5.41) is 0. The molecule has 18 heteroatoms. The summed E-state index contributed by atoms with van der Waals surface area (Å²) >= 11 is 0. The first kappa shape index (κ1) is 70.0. The third kappa shape index (κ3) is 21.3. The first-order valence-corrected chi connectivity index (χ1v) is 32.2. The molecule has 4 aliphatic heterocycles. The minimum atomic E-state index is -1.02. The topological polar surface area (TPSA) is 215 Å². The lowest BCUT2D eigenvalue weighted by molar-refractivity contribution is -0.345. The molecule has 4 aliphatic rings. The van der Waals surface area contributed by atoms with Gasteiger partial charge in [0.2, 0.25) is 5.91 Å². The molecular formula is C68H101NO17. The lowest BCUT2D eigenvalue weighted by Crippen LogP contribution is -2.60. The van der Waals surface area contributed by atoms with Crippen molar-refractivity contribution >= 4 is 41.4 Å². The van der Waals surface area contributed by atoms with Crippen molar-refractivity contribution in [3.05, 3.63) is 71.8 Å². The molecule has 0 N–H and O–H groups in total. The molecule has 4 heterocycles. The van der Waals surface area contributed by atoms with Crippen LogP contribution in [0.2, 0.25) is 0 Å². The van der Waals surface area contributed by atoms with Crippen molar-refractivity contribution < 1.29 is 80.9 Å². The Kier molecular flexibility index (Phi) is 29.1. The summed E-state index contributed by atoms with van der Waals surface area (Å²) < 4.78 is 63.4. The van der Waals surface area contributed by atoms with Gasteiger partial charge in [0.05, 0.1) is 49.0 Å². The van der Waals surface area contributed by atoms with Gasteiger partial charge in [-0.3, -0.25) is 19.2 Å². The van der Waals surface area contributed by atoms with Gasteiger partial charge in [-0.05, 0) is 87.0 Å². The van der Waals surface area contributed by atoms with E-state index in [2.05, 4.69) is 41.5 Å². The van der Waals surface area contributed by atoms with Crippen molar-refractivity contribution in [3.63, 3.8) is 0 Å². The number of carbonyl (C=O) groups excluding carboxylic acids is 7. The van der Waals surface area contributed by atoms with E-state index < -0.39 is 79.2 Å². The van der Waals surface area contributed by atoms with Crippen LogP contribution in [-0.4, -0.2) is 141 Å². The van der Waals surface area contributed by atoms with Gasteiger partial charge in [-0.1, -0.05) is 130 Å². The quantitative estimate of drug-likeness (QED) is 0.0362. The van der Waals surface area contributed by atoms with Crippen LogP contribution < -0.4 is 0 Å². The maximum absolute atomic E-state index is 13.1. The minimum absolute atomic E-state index is 0.0164. The van der Waals surface area contributed by atoms with E-state index >= 15 is 0 Å². The Bertz CT molecular complexity index is 2420. The van der Waals surface area contributed by atoms with Crippen molar-refractivity contribution in [3.8, 4) is 0 Å². The highest BCUT2D eigenvalue weighted by Crippen LogP contribution is 2.41. The maximum Gasteiger partial charge on any atom is 0.338 e. The fraction of sp³-hybridized carbons (Fsp3) is 0.721. The standard InChI is InChI=1S/C68H101NO17/c1-11-54-38-56(82-61(74)36-35-43(2)70)39-69(54)60(73)34-26-16-15-25-33-55(72)32-24-14-12-13-17-27-37-77-68-63(81-51(10)71)62(86-67-49(8)45(4)47(6)58(84-67)41-79-65(76)53-30-22-19-23-31-53)50(9)59(85-68)42-80-66-48(7)44(3)46(5)57(83-66)40-78-64(75)52-28-20-18-21-29-52/h18-23,28-31,44-50,54,56-59,62-63,66-68H,11-17,24-27,32-42H2,1-10H3/t44?,45?,46?,47?,48?,49?,50?,54-,56-,57?,58?,59?,62?,63?,66?,67?,68?/m1/s1. The number of benzene rings is 2. The second-order valence-corrected chi connectivity index (χ2v) is 24.9. The Labute approximate surface area is 511 Å². The summed E-state index contributed by atoms with van der Waals surface area (Å²) in [7, 11) is 0. The summed E-state index contributed by atoms with van der Waals surface area (Å²) in [4.78, 5) is 90.1. The molecule has 4 fully saturated rings. The maximum atomic E-state index is 13.1. The first-order chi connectivity index (χ1) is 41.3. The van der Waals surface area contributed by atoms with Gasteiger partial charge in [0.25, 0.3) is 0 Å². The molecule has 2 aromatic rings. The van der Waals surface area contributed by atoms with Crippen LogP contribution in [0, 0.1) is 41.4 Å². The molecule has 0 aliphatic carbocycles. The van der Waals surface area contributed by atoms with Gasteiger partial charge in [0.15, 0.2) is 25.0 Å². The summed E-state index contributed by atoms with van der Waals surface area (Å²) in [5.74, 6) is -1.67. The molecular weight excluding hydrogens is 1100 g/mol. The molecule has 15 unspecified atom stereocenters. The molecule has 4 saturated heterocycles. The zero-order valence-corrected chi connectivity index (χ0v) is 53.0. The summed E-state index contributed by atoms with van der Waals surface area (Å²) in [5.41, 5.74) is 0.911.